The molecule has 10 nitrogen and oxygen atoms in total. The molecule has 10 heteroatoms. The van der Waals surface area contributed by atoms with Crippen molar-refractivity contribution < 1.29 is 0 Å². The van der Waals surface area contributed by atoms with Gasteiger partial charge in [-0.05, 0) is 19.2 Å². The summed E-state index contributed by atoms with van der Waals surface area (Å²) >= 11 is 0. The first kappa shape index (κ1) is 17.9. The molecule has 1 aliphatic heterocycles. The summed E-state index contributed by atoms with van der Waals surface area (Å²) in [6.45, 7) is 3.95. The van der Waals surface area contributed by atoms with Crippen LogP contribution in [0.2, 0.25) is 0 Å². The predicted molar refractivity (Wildman–Crippen MR) is 118 cm³/mol. The molecule has 5 aromatic rings. The number of piperazine rings is 1. The number of aromatic amines is 2. The first-order valence-electron chi connectivity index (χ1n) is 10.1. The Morgan fingerprint density at radius 1 is 0.839 bits per heavy atom. The summed E-state index contributed by atoms with van der Waals surface area (Å²) < 4.78 is 0. The Morgan fingerprint density at radius 2 is 1.68 bits per heavy atom. The number of hydrogen-bond acceptors (Lipinski definition) is 8. The molecule has 154 valence electrons. The van der Waals surface area contributed by atoms with E-state index in [0.717, 1.165) is 65.2 Å². The minimum absolute atomic E-state index is 0.665. The highest BCUT2D eigenvalue weighted by Crippen LogP contribution is 2.30. The molecule has 0 aromatic carbocycles. The Morgan fingerprint density at radius 3 is 2.52 bits per heavy atom. The van der Waals surface area contributed by atoms with Crippen LogP contribution in [0.25, 0.3) is 44.8 Å². The number of imidazole rings is 1. The molecule has 0 saturated carbocycles. The van der Waals surface area contributed by atoms with Crippen LogP contribution >= 0.6 is 0 Å². The molecule has 1 saturated heterocycles. The fourth-order valence-corrected chi connectivity index (χ4v) is 3.97. The van der Waals surface area contributed by atoms with E-state index in [-0.39, 0.29) is 0 Å². The lowest BCUT2D eigenvalue weighted by molar-refractivity contribution is 0.313. The van der Waals surface area contributed by atoms with Gasteiger partial charge in [0.15, 0.2) is 11.5 Å². The molecule has 0 amide bonds. The van der Waals surface area contributed by atoms with Gasteiger partial charge in [0, 0.05) is 44.1 Å². The monoisotopic (exact) mass is 412 g/mol. The van der Waals surface area contributed by atoms with Crippen LogP contribution in [-0.4, -0.2) is 78.2 Å². The van der Waals surface area contributed by atoms with Crippen LogP contribution in [0.1, 0.15) is 0 Å². The number of rotatable bonds is 3. The lowest BCUT2D eigenvalue weighted by Crippen LogP contribution is -2.44. The second-order valence-corrected chi connectivity index (χ2v) is 7.72. The summed E-state index contributed by atoms with van der Waals surface area (Å²) in [5.74, 6) is 0.665. The third-order valence-corrected chi connectivity index (χ3v) is 5.71. The van der Waals surface area contributed by atoms with E-state index in [0.29, 0.717) is 11.5 Å². The molecule has 31 heavy (non-hydrogen) atoms. The first-order chi connectivity index (χ1) is 15.3. The number of pyridine rings is 2. The topological polar surface area (TPSA) is 115 Å². The fraction of sp³-hybridized carbons (Fsp3) is 0.238. The number of likely N-dealkylation sites (N-methyl/N-ethyl adjacent to an activating group) is 1. The van der Waals surface area contributed by atoms with Gasteiger partial charge in [0.2, 0.25) is 0 Å². The van der Waals surface area contributed by atoms with E-state index < -0.39 is 0 Å². The number of nitrogens with zero attached hydrogens (tertiary/aromatic N) is 8. The van der Waals surface area contributed by atoms with Crippen molar-refractivity contribution in [2.75, 3.05) is 38.1 Å². The molecule has 0 radical (unpaired) electrons. The zero-order valence-electron chi connectivity index (χ0n) is 16.9. The molecule has 0 bridgehead atoms. The van der Waals surface area contributed by atoms with Gasteiger partial charge in [-0.15, -0.1) is 0 Å². The maximum Gasteiger partial charge on any atom is 0.161 e. The van der Waals surface area contributed by atoms with Gasteiger partial charge in [-0.3, -0.25) is 10.1 Å². The Labute approximate surface area is 177 Å². The fourth-order valence-electron chi connectivity index (χ4n) is 3.97. The standard InChI is InChI=1S/C21H20N10/c1-30-4-6-31(7-5-30)17-11-22-10-16-18(17)27-21(26-16)20-19-15(28-29-20)3-2-14(25-19)13-8-23-12-24-9-13/h2-3,8-12H,4-7H2,1H3,(H,26,27)(H,28,29). The molecule has 5 aromatic heterocycles. The van der Waals surface area contributed by atoms with Crippen LogP contribution in [0.5, 0.6) is 0 Å². The van der Waals surface area contributed by atoms with Crippen LogP contribution in [0, 0.1) is 0 Å². The molecule has 2 N–H and O–H groups in total. The van der Waals surface area contributed by atoms with Gasteiger partial charge in [0.1, 0.15) is 17.4 Å². The number of aromatic nitrogens is 8. The lowest BCUT2D eigenvalue weighted by Gasteiger charge is -2.33. The van der Waals surface area contributed by atoms with Crippen LogP contribution in [-0.2, 0) is 0 Å². The number of nitrogens with one attached hydrogen (secondary N) is 2. The van der Waals surface area contributed by atoms with Crippen LogP contribution in [0.15, 0.2) is 43.2 Å². The molecule has 0 atom stereocenters. The third kappa shape index (κ3) is 3.08. The van der Waals surface area contributed by atoms with Gasteiger partial charge >= 0.3 is 0 Å². The average molecular weight is 412 g/mol. The van der Waals surface area contributed by atoms with Crippen molar-refractivity contribution in [1.29, 1.82) is 0 Å². The number of hydrogen-bond donors (Lipinski definition) is 2. The van der Waals surface area contributed by atoms with Crippen molar-refractivity contribution in [3.63, 3.8) is 0 Å². The summed E-state index contributed by atoms with van der Waals surface area (Å²) in [5.41, 5.74) is 6.73. The van der Waals surface area contributed by atoms with Gasteiger partial charge in [-0.25, -0.2) is 19.9 Å². The predicted octanol–water partition coefficient (Wildman–Crippen LogP) is 2.10. The quantitative estimate of drug-likeness (QED) is 0.463. The van der Waals surface area contributed by atoms with Gasteiger partial charge < -0.3 is 14.8 Å². The Bertz CT molecular complexity index is 1370. The first-order valence-corrected chi connectivity index (χ1v) is 10.1. The summed E-state index contributed by atoms with van der Waals surface area (Å²) in [6, 6.07) is 3.89. The van der Waals surface area contributed by atoms with E-state index in [4.69, 9.17) is 9.97 Å². The highest BCUT2D eigenvalue weighted by Gasteiger charge is 2.20. The van der Waals surface area contributed by atoms with Crippen LogP contribution in [0.4, 0.5) is 5.69 Å². The van der Waals surface area contributed by atoms with Crippen molar-refractivity contribution in [2.45, 2.75) is 0 Å². The van der Waals surface area contributed by atoms with E-state index >= 15 is 0 Å². The molecular formula is C21H20N10. The zero-order chi connectivity index (χ0) is 20.8. The SMILES string of the molecule is CN1CCN(c2cncc3[nH]c(-c4n[nH]c5ccc(-c6cncnc6)nc45)nc23)CC1. The minimum atomic E-state index is 0.665. The van der Waals surface area contributed by atoms with E-state index in [2.05, 4.69) is 47.0 Å². The molecule has 6 rings (SSSR count). The minimum Gasteiger partial charge on any atom is -0.366 e. The lowest BCUT2D eigenvalue weighted by atomic mass is 10.2. The van der Waals surface area contributed by atoms with Crippen LogP contribution < -0.4 is 4.90 Å². The number of anilines is 1. The van der Waals surface area contributed by atoms with E-state index in [1.165, 1.54) is 6.33 Å². The maximum absolute atomic E-state index is 4.90. The maximum atomic E-state index is 4.90. The van der Waals surface area contributed by atoms with Gasteiger partial charge in [0.25, 0.3) is 0 Å². The van der Waals surface area contributed by atoms with Crippen molar-refractivity contribution in [3.8, 4) is 22.8 Å². The molecule has 1 aliphatic rings. The smallest absolute Gasteiger partial charge is 0.161 e. The third-order valence-electron chi connectivity index (χ3n) is 5.71. The molecular weight excluding hydrogens is 392 g/mol. The van der Waals surface area contributed by atoms with E-state index in [9.17, 15) is 0 Å². The van der Waals surface area contributed by atoms with Gasteiger partial charge in [0.05, 0.1) is 34.8 Å². The van der Waals surface area contributed by atoms with Crippen LogP contribution in [0.3, 0.4) is 0 Å². The zero-order valence-corrected chi connectivity index (χ0v) is 16.9. The molecule has 6 heterocycles. The van der Waals surface area contributed by atoms with E-state index in [1.54, 1.807) is 18.6 Å². The van der Waals surface area contributed by atoms with E-state index in [1.807, 2.05) is 18.3 Å². The van der Waals surface area contributed by atoms with Gasteiger partial charge in [-0.2, -0.15) is 5.10 Å². The second-order valence-electron chi connectivity index (χ2n) is 7.72. The normalized spacial score (nSPS) is 15.2. The molecule has 0 unspecified atom stereocenters. The Balaban J connectivity index is 1.44. The van der Waals surface area contributed by atoms with Crippen molar-refractivity contribution >= 4 is 27.8 Å². The summed E-state index contributed by atoms with van der Waals surface area (Å²) in [7, 11) is 2.15. The Hall–Kier alpha value is -3.92. The Kier molecular flexibility index (Phi) is 4.10. The largest absolute Gasteiger partial charge is 0.366 e. The summed E-state index contributed by atoms with van der Waals surface area (Å²) in [6.07, 6.45) is 8.70. The van der Waals surface area contributed by atoms with Crippen molar-refractivity contribution in [3.05, 3.63) is 43.2 Å². The number of fused-ring (bicyclic) bond motifs is 2. The summed E-state index contributed by atoms with van der Waals surface area (Å²) in [4.78, 5) is 30.4. The highest BCUT2D eigenvalue weighted by molar-refractivity contribution is 5.94. The number of H-pyrrole nitrogens is 2. The van der Waals surface area contributed by atoms with Gasteiger partial charge in [-0.1, -0.05) is 0 Å². The second kappa shape index (κ2) is 7.10. The average Bonchev–Trinajstić information content (AvgIpc) is 3.43. The van der Waals surface area contributed by atoms with Crippen molar-refractivity contribution in [2.24, 2.45) is 0 Å². The molecule has 0 spiro atoms. The molecule has 0 aliphatic carbocycles. The highest BCUT2D eigenvalue weighted by atomic mass is 15.3. The molecule has 1 fully saturated rings. The summed E-state index contributed by atoms with van der Waals surface area (Å²) in [5, 5.41) is 7.55. The van der Waals surface area contributed by atoms with Crippen molar-refractivity contribution in [1.82, 2.24) is 45.0 Å².